The van der Waals surface area contributed by atoms with Crippen LogP contribution in [0, 0.1) is 0 Å². The van der Waals surface area contributed by atoms with E-state index in [-0.39, 0.29) is 17.9 Å². The number of carbonyl (C=O) groups is 2. The maximum Gasteiger partial charge on any atom is 0.265 e. The topological polar surface area (TPSA) is 76.7 Å². The average Bonchev–Trinajstić information content (AvgIpc) is 3.35. The van der Waals surface area contributed by atoms with Gasteiger partial charge in [0.15, 0.2) is 6.10 Å². The van der Waals surface area contributed by atoms with Crippen LogP contribution in [0.1, 0.15) is 36.5 Å². The molecule has 0 radical (unpaired) electrons. The van der Waals surface area contributed by atoms with E-state index in [1.165, 1.54) is 0 Å². The Balaban J connectivity index is 1.42. The van der Waals surface area contributed by atoms with Crippen LogP contribution in [-0.2, 0) is 9.53 Å². The Labute approximate surface area is 187 Å². The molecule has 0 unspecified atom stereocenters. The standard InChI is InChI=1S/C26H28N2O4/c1-2-24(32-20-14-13-18-8-3-4-9-19(18)16-20)26(30)28-23-12-6-5-11-22(23)25(29)27-17-21-10-7-15-31-21/h3-6,8-9,11-14,16,21,24H,2,7,10,15,17H2,1H3,(H,27,29)(H,28,30)/t21-,24+/m1/s1. The van der Waals surface area contributed by atoms with Crippen LogP contribution >= 0.6 is 0 Å². The molecular weight excluding hydrogens is 404 g/mol. The van der Waals surface area contributed by atoms with Gasteiger partial charge in [-0.05, 0) is 54.3 Å². The van der Waals surface area contributed by atoms with E-state index in [0.29, 0.717) is 30.0 Å². The van der Waals surface area contributed by atoms with Gasteiger partial charge in [-0.3, -0.25) is 9.59 Å². The molecule has 1 aliphatic rings. The maximum absolute atomic E-state index is 13.0. The lowest BCUT2D eigenvalue weighted by molar-refractivity contribution is -0.122. The first-order chi connectivity index (χ1) is 15.6. The molecule has 2 N–H and O–H groups in total. The van der Waals surface area contributed by atoms with Crippen molar-refractivity contribution in [1.29, 1.82) is 0 Å². The molecule has 0 aliphatic carbocycles. The summed E-state index contributed by atoms with van der Waals surface area (Å²) in [5.41, 5.74) is 0.877. The third kappa shape index (κ3) is 5.26. The predicted octanol–water partition coefficient (Wildman–Crippen LogP) is 4.54. The summed E-state index contributed by atoms with van der Waals surface area (Å²) in [4.78, 5) is 25.7. The molecule has 6 nitrogen and oxygen atoms in total. The van der Waals surface area contributed by atoms with Crippen molar-refractivity contribution in [3.05, 3.63) is 72.3 Å². The van der Waals surface area contributed by atoms with E-state index in [0.717, 1.165) is 30.2 Å². The lowest BCUT2D eigenvalue weighted by atomic mass is 10.1. The van der Waals surface area contributed by atoms with Crippen LogP contribution in [0.5, 0.6) is 5.75 Å². The van der Waals surface area contributed by atoms with Crippen LogP contribution in [0.4, 0.5) is 5.69 Å². The highest BCUT2D eigenvalue weighted by Crippen LogP contribution is 2.23. The molecule has 1 heterocycles. The molecule has 1 aliphatic heterocycles. The molecule has 32 heavy (non-hydrogen) atoms. The Hall–Kier alpha value is -3.38. The van der Waals surface area contributed by atoms with E-state index < -0.39 is 6.10 Å². The first kappa shape index (κ1) is 21.8. The lowest BCUT2D eigenvalue weighted by Crippen LogP contribution is -2.35. The van der Waals surface area contributed by atoms with Gasteiger partial charge in [0.25, 0.3) is 11.8 Å². The van der Waals surface area contributed by atoms with Gasteiger partial charge in [0.1, 0.15) is 5.75 Å². The minimum atomic E-state index is -0.681. The molecule has 6 heteroatoms. The zero-order valence-corrected chi connectivity index (χ0v) is 18.2. The summed E-state index contributed by atoms with van der Waals surface area (Å²) in [6.07, 6.45) is 1.83. The normalized spacial score (nSPS) is 16.5. The van der Waals surface area contributed by atoms with E-state index in [1.54, 1.807) is 24.3 Å². The van der Waals surface area contributed by atoms with Crippen LogP contribution in [0.3, 0.4) is 0 Å². The van der Waals surface area contributed by atoms with Gasteiger partial charge in [-0.2, -0.15) is 0 Å². The number of hydrogen-bond donors (Lipinski definition) is 2. The third-order valence-corrected chi connectivity index (χ3v) is 5.61. The largest absolute Gasteiger partial charge is 0.481 e. The van der Waals surface area contributed by atoms with Gasteiger partial charge in [-0.1, -0.05) is 49.4 Å². The number of para-hydroxylation sites is 1. The predicted molar refractivity (Wildman–Crippen MR) is 125 cm³/mol. The second-order valence-electron chi connectivity index (χ2n) is 7.90. The molecule has 0 saturated carbocycles. The summed E-state index contributed by atoms with van der Waals surface area (Å²) in [5, 5.41) is 7.94. The molecule has 3 aromatic rings. The first-order valence-electron chi connectivity index (χ1n) is 11.1. The monoisotopic (exact) mass is 432 g/mol. The third-order valence-electron chi connectivity index (χ3n) is 5.61. The zero-order valence-electron chi connectivity index (χ0n) is 18.2. The second-order valence-corrected chi connectivity index (χ2v) is 7.90. The number of anilines is 1. The molecule has 3 aromatic carbocycles. The number of benzene rings is 3. The van der Waals surface area contributed by atoms with Gasteiger partial charge in [-0.25, -0.2) is 0 Å². The highest BCUT2D eigenvalue weighted by atomic mass is 16.5. The van der Waals surface area contributed by atoms with Crippen molar-refractivity contribution in [2.75, 3.05) is 18.5 Å². The van der Waals surface area contributed by atoms with Crippen molar-refractivity contribution in [3.63, 3.8) is 0 Å². The zero-order chi connectivity index (χ0) is 22.3. The molecule has 1 fully saturated rings. The number of fused-ring (bicyclic) bond motifs is 1. The minimum Gasteiger partial charge on any atom is -0.481 e. The Kier molecular flexibility index (Phi) is 7.02. The summed E-state index contributed by atoms with van der Waals surface area (Å²) in [7, 11) is 0. The van der Waals surface area contributed by atoms with Crippen LogP contribution < -0.4 is 15.4 Å². The number of amides is 2. The fourth-order valence-electron chi connectivity index (χ4n) is 3.84. The fourth-order valence-corrected chi connectivity index (χ4v) is 3.84. The van der Waals surface area contributed by atoms with Crippen LogP contribution in [-0.4, -0.2) is 37.2 Å². The van der Waals surface area contributed by atoms with Gasteiger partial charge >= 0.3 is 0 Å². The lowest BCUT2D eigenvalue weighted by Gasteiger charge is -2.19. The summed E-state index contributed by atoms with van der Waals surface area (Å²) >= 11 is 0. The van der Waals surface area contributed by atoms with Crippen molar-refractivity contribution in [1.82, 2.24) is 5.32 Å². The number of hydrogen-bond acceptors (Lipinski definition) is 4. The van der Waals surface area contributed by atoms with E-state index in [2.05, 4.69) is 10.6 Å². The number of rotatable bonds is 8. The van der Waals surface area contributed by atoms with Gasteiger partial charge in [0.05, 0.1) is 17.4 Å². The molecule has 0 bridgehead atoms. The molecule has 1 saturated heterocycles. The summed E-state index contributed by atoms with van der Waals surface area (Å²) in [5.74, 6) is 0.105. The van der Waals surface area contributed by atoms with Crippen LogP contribution in [0.15, 0.2) is 66.7 Å². The fraction of sp³-hybridized carbons (Fsp3) is 0.308. The quantitative estimate of drug-likeness (QED) is 0.548. The summed E-state index contributed by atoms with van der Waals surface area (Å²) < 4.78 is 11.6. The van der Waals surface area contributed by atoms with E-state index in [1.807, 2.05) is 49.4 Å². The van der Waals surface area contributed by atoms with Gasteiger partial charge < -0.3 is 20.1 Å². The van der Waals surface area contributed by atoms with E-state index in [9.17, 15) is 9.59 Å². The first-order valence-corrected chi connectivity index (χ1v) is 11.1. The van der Waals surface area contributed by atoms with Gasteiger partial charge in [0, 0.05) is 13.2 Å². The molecule has 2 atom stereocenters. The Bertz CT molecular complexity index is 1090. The summed E-state index contributed by atoms with van der Waals surface area (Å²) in [6.45, 7) is 3.10. The number of nitrogens with one attached hydrogen (secondary N) is 2. The molecule has 0 spiro atoms. The average molecular weight is 433 g/mol. The van der Waals surface area contributed by atoms with Crippen molar-refractivity contribution >= 4 is 28.3 Å². The SMILES string of the molecule is CC[C@H](Oc1ccc2ccccc2c1)C(=O)Nc1ccccc1C(=O)NC[C@H]1CCCO1. The van der Waals surface area contributed by atoms with Crippen molar-refractivity contribution in [3.8, 4) is 5.75 Å². The Morgan fingerprint density at radius 2 is 1.84 bits per heavy atom. The summed E-state index contributed by atoms with van der Waals surface area (Å²) in [6, 6.07) is 20.8. The minimum absolute atomic E-state index is 0.0560. The van der Waals surface area contributed by atoms with Crippen molar-refractivity contribution in [2.24, 2.45) is 0 Å². The van der Waals surface area contributed by atoms with Crippen LogP contribution in [0.2, 0.25) is 0 Å². The van der Waals surface area contributed by atoms with Crippen molar-refractivity contribution in [2.45, 2.75) is 38.4 Å². The Morgan fingerprint density at radius 3 is 2.62 bits per heavy atom. The molecular formula is C26H28N2O4. The molecule has 166 valence electrons. The second kappa shape index (κ2) is 10.3. The van der Waals surface area contributed by atoms with Crippen LogP contribution in [0.25, 0.3) is 10.8 Å². The van der Waals surface area contributed by atoms with Gasteiger partial charge in [-0.15, -0.1) is 0 Å². The Morgan fingerprint density at radius 1 is 1.06 bits per heavy atom. The van der Waals surface area contributed by atoms with E-state index in [4.69, 9.17) is 9.47 Å². The molecule has 2 amide bonds. The van der Waals surface area contributed by atoms with Crippen molar-refractivity contribution < 1.29 is 19.1 Å². The smallest absolute Gasteiger partial charge is 0.265 e. The number of carbonyl (C=O) groups excluding carboxylic acids is 2. The number of ether oxygens (including phenoxy) is 2. The highest BCUT2D eigenvalue weighted by molar-refractivity contribution is 6.04. The van der Waals surface area contributed by atoms with E-state index >= 15 is 0 Å². The molecule has 0 aromatic heterocycles. The van der Waals surface area contributed by atoms with Gasteiger partial charge in [0.2, 0.25) is 0 Å². The molecule has 4 rings (SSSR count). The highest BCUT2D eigenvalue weighted by Gasteiger charge is 2.22. The maximum atomic E-state index is 13.0.